The van der Waals surface area contributed by atoms with Crippen LogP contribution in [0.3, 0.4) is 0 Å². The molecular formula is C15H13N3O4S. The number of non-ortho nitro benzene ring substituents is 1. The molecule has 0 radical (unpaired) electrons. The van der Waals surface area contributed by atoms with Crippen molar-refractivity contribution in [3.8, 4) is 0 Å². The third-order valence-corrected chi connectivity index (χ3v) is 4.54. The monoisotopic (exact) mass is 331 g/mol. The number of nitro groups is 1. The van der Waals surface area contributed by atoms with Gasteiger partial charge in [-0.05, 0) is 23.6 Å². The van der Waals surface area contributed by atoms with Gasteiger partial charge in [-0.2, -0.15) is 0 Å². The minimum Gasteiger partial charge on any atom is -0.352 e. The van der Waals surface area contributed by atoms with Crippen molar-refractivity contribution in [2.45, 2.75) is 6.04 Å². The molecule has 1 aliphatic rings. The van der Waals surface area contributed by atoms with Crippen LogP contribution in [0.15, 0.2) is 41.8 Å². The summed E-state index contributed by atoms with van der Waals surface area (Å²) in [6.45, 7) is 0.781. The van der Waals surface area contributed by atoms with Gasteiger partial charge in [-0.3, -0.25) is 19.7 Å². The highest BCUT2D eigenvalue weighted by atomic mass is 32.1. The van der Waals surface area contributed by atoms with E-state index in [0.29, 0.717) is 18.7 Å². The Bertz CT molecular complexity index is 743. The summed E-state index contributed by atoms with van der Waals surface area (Å²) in [7, 11) is 0. The predicted octanol–water partition coefficient (Wildman–Crippen LogP) is 1.97. The number of nitrogens with zero attached hydrogens (tertiary/aromatic N) is 2. The minimum absolute atomic E-state index is 0.0762. The first-order valence-electron chi connectivity index (χ1n) is 6.94. The Hall–Kier alpha value is -2.74. The van der Waals surface area contributed by atoms with Crippen molar-refractivity contribution in [3.63, 3.8) is 0 Å². The summed E-state index contributed by atoms with van der Waals surface area (Å²) in [5, 5.41) is 15.3. The summed E-state index contributed by atoms with van der Waals surface area (Å²) in [5.41, 5.74) is 0.250. The lowest BCUT2D eigenvalue weighted by Crippen LogP contribution is -2.51. The van der Waals surface area contributed by atoms with Gasteiger partial charge in [-0.1, -0.05) is 6.07 Å². The second-order valence-corrected chi connectivity index (χ2v) is 5.99. The fourth-order valence-corrected chi connectivity index (χ4v) is 3.34. The number of nitro benzene ring substituents is 1. The lowest BCUT2D eigenvalue weighted by molar-refractivity contribution is -0.384. The van der Waals surface area contributed by atoms with E-state index in [-0.39, 0.29) is 17.5 Å². The highest BCUT2D eigenvalue weighted by Crippen LogP contribution is 2.28. The summed E-state index contributed by atoms with van der Waals surface area (Å²) >= 11 is 1.41. The summed E-state index contributed by atoms with van der Waals surface area (Å²) in [4.78, 5) is 37.4. The summed E-state index contributed by atoms with van der Waals surface area (Å²) in [5.74, 6) is -0.526. The van der Waals surface area contributed by atoms with Gasteiger partial charge < -0.3 is 10.2 Å². The van der Waals surface area contributed by atoms with Gasteiger partial charge in [-0.15, -0.1) is 11.3 Å². The van der Waals surface area contributed by atoms with Gasteiger partial charge in [0, 0.05) is 35.7 Å². The van der Waals surface area contributed by atoms with Crippen molar-refractivity contribution in [2.75, 3.05) is 13.1 Å². The molecule has 3 rings (SSSR count). The summed E-state index contributed by atoms with van der Waals surface area (Å²) in [6.07, 6.45) is 0. The first-order valence-corrected chi connectivity index (χ1v) is 7.82. The largest absolute Gasteiger partial charge is 0.352 e. The maximum atomic E-state index is 12.7. The molecular weight excluding hydrogens is 318 g/mol. The van der Waals surface area contributed by atoms with Crippen LogP contribution in [0, 0.1) is 10.1 Å². The molecule has 7 nitrogen and oxygen atoms in total. The Labute approximate surface area is 135 Å². The molecule has 1 aromatic heterocycles. The Morgan fingerprint density at radius 1 is 1.30 bits per heavy atom. The van der Waals surface area contributed by atoms with E-state index in [0.717, 1.165) is 4.88 Å². The van der Waals surface area contributed by atoms with E-state index < -0.39 is 11.0 Å². The predicted molar refractivity (Wildman–Crippen MR) is 84.2 cm³/mol. The number of piperazine rings is 1. The first kappa shape index (κ1) is 15.2. The highest BCUT2D eigenvalue weighted by molar-refractivity contribution is 7.10. The molecule has 118 valence electrons. The zero-order valence-corrected chi connectivity index (χ0v) is 12.8. The van der Waals surface area contributed by atoms with E-state index in [2.05, 4.69) is 5.32 Å². The molecule has 1 unspecified atom stereocenters. The first-order chi connectivity index (χ1) is 11.1. The van der Waals surface area contributed by atoms with Crippen molar-refractivity contribution in [2.24, 2.45) is 0 Å². The molecule has 1 N–H and O–H groups in total. The van der Waals surface area contributed by atoms with Crippen molar-refractivity contribution in [1.29, 1.82) is 0 Å². The van der Waals surface area contributed by atoms with E-state index in [4.69, 9.17) is 0 Å². The molecule has 1 fully saturated rings. The molecule has 2 amide bonds. The maximum Gasteiger partial charge on any atom is 0.269 e. The fraction of sp³-hybridized carbons (Fsp3) is 0.200. The number of carbonyl (C=O) groups excluding carboxylic acids is 2. The lowest BCUT2D eigenvalue weighted by Gasteiger charge is -2.34. The fourth-order valence-electron chi connectivity index (χ4n) is 2.51. The van der Waals surface area contributed by atoms with Gasteiger partial charge in [0.25, 0.3) is 11.6 Å². The number of thiophene rings is 1. The number of hydrogen-bond donors (Lipinski definition) is 1. The topological polar surface area (TPSA) is 92.6 Å². The second-order valence-electron chi connectivity index (χ2n) is 5.01. The molecule has 0 saturated carbocycles. The van der Waals surface area contributed by atoms with Gasteiger partial charge in [0.05, 0.1) is 4.92 Å². The van der Waals surface area contributed by atoms with Gasteiger partial charge in [0.2, 0.25) is 5.91 Å². The average molecular weight is 331 g/mol. The number of benzene rings is 1. The van der Waals surface area contributed by atoms with Crippen LogP contribution in [0.4, 0.5) is 5.69 Å². The Morgan fingerprint density at radius 3 is 2.65 bits per heavy atom. The summed E-state index contributed by atoms with van der Waals surface area (Å²) < 4.78 is 0. The average Bonchev–Trinajstić information content (AvgIpc) is 3.08. The maximum absolute atomic E-state index is 12.7. The second kappa shape index (κ2) is 6.17. The van der Waals surface area contributed by atoms with Crippen molar-refractivity contribution in [3.05, 3.63) is 62.3 Å². The third kappa shape index (κ3) is 2.93. The van der Waals surface area contributed by atoms with Crippen LogP contribution < -0.4 is 5.32 Å². The third-order valence-electron chi connectivity index (χ3n) is 3.61. The zero-order valence-electron chi connectivity index (χ0n) is 12.0. The van der Waals surface area contributed by atoms with E-state index in [9.17, 15) is 19.7 Å². The zero-order chi connectivity index (χ0) is 16.4. The van der Waals surface area contributed by atoms with Gasteiger partial charge in [-0.25, -0.2) is 0 Å². The van der Waals surface area contributed by atoms with Gasteiger partial charge >= 0.3 is 0 Å². The van der Waals surface area contributed by atoms with Crippen LogP contribution in [0.1, 0.15) is 21.3 Å². The molecule has 1 aliphatic heterocycles. The van der Waals surface area contributed by atoms with Crippen LogP contribution >= 0.6 is 11.3 Å². The molecule has 2 heterocycles. The summed E-state index contributed by atoms with van der Waals surface area (Å²) in [6, 6.07) is 8.39. The van der Waals surface area contributed by atoms with E-state index in [1.54, 1.807) is 0 Å². The molecule has 23 heavy (non-hydrogen) atoms. The van der Waals surface area contributed by atoms with Gasteiger partial charge in [0.15, 0.2) is 0 Å². The molecule has 0 bridgehead atoms. The smallest absolute Gasteiger partial charge is 0.269 e. The van der Waals surface area contributed by atoms with Crippen molar-refractivity contribution >= 4 is 28.8 Å². The number of hydrogen-bond acceptors (Lipinski definition) is 5. The number of carbonyl (C=O) groups is 2. The molecule has 8 heteroatoms. The Kier molecular flexibility index (Phi) is 4.07. The van der Waals surface area contributed by atoms with E-state index in [1.165, 1.54) is 40.5 Å². The van der Waals surface area contributed by atoms with Crippen LogP contribution in [0.2, 0.25) is 0 Å². The molecule has 2 aromatic rings. The van der Waals surface area contributed by atoms with Gasteiger partial charge in [0.1, 0.15) is 6.04 Å². The Balaban J connectivity index is 1.89. The lowest BCUT2D eigenvalue weighted by atomic mass is 10.1. The minimum atomic E-state index is -0.661. The molecule has 0 spiro atoms. The molecule has 1 atom stereocenters. The Morgan fingerprint density at radius 2 is 2.04 bits per heavy atom. The van der Waals surface area contributed by atoms with Crippen LogP contribution in [-0.2, 0) is 4.79 Å². The molecule has 0 aliphatic carbocycles. The van der Waals surface area contributed by atoms with Crippen molar-refractivity contribution in [1.82, 2.24) is 10.2 Å². The number of nitrogens with one attached hydrogen (secondary N) is 1. The standard InChI is InChI=1S/C15H13N3O4S/c19-14-13(12-2-1-9-23-12)17(8-7-16-14)15(20)10-3-5-11(6-4-10)18(21)22/h1-6,9,13H,7-8H2,(H,16,19). The number of rotatable bonds is 3. The molecule has 1 aromatic carbocycles. The normalized spacial score (nSPS) is 17.7. The number of amides is 2. The highest BCUT2D eigenvalue weighted by Gasteiger charge is 2.35. The van der Waals surface area contributed by atoms with Crippen LogP contribution in [-0.4, -0.2) is 34.7 Å². The van der Waals surface area contributed by atoms with E-state index >= 15 is 0 Å². The van der Waals surface area contributed by atoms with Crippen LogP contribution in [0.5, 0.6) is 0 Å². The van der Waals surface area contributed by atoms with Crippen molar-refractivity contribution < 1.29 is 14.5 Å². The van der Waals surface area contributed by atoms with Crippen LogP contribution in [0.25, 0.3) is 0 Å². The van der Waals surface area contributed by atoms with E-state index in [1.807, 2.05) is 17.5 Å². The quantitative estimate of drug-likeness (QED) is 0.687. The molecule has 1 saturated heterocycles. The SMILES string of the molecule is O=C1NCCN(C(=O)c2ccc([N+](=O)[O-])cc2)C1c1cccs1.